The van der Waals surface area contributed by atoms with Crippen molar-refractivity contribution >= 4 is 26.1 Å². The number of esters is 1. The second kappa shape index (κ2) is 11.9. The van der Waals surface area contributed by atoms with Crippen LogP contribution in [0, 0.1) is 5.92 Å². The number of methoxy groups -OCH3 is 1. The van der Waals surface area contributed by atoms with Gasteiger partial charge in [0.25, 0.3) is 0 Å². The molecule has 216 valence electrons. The summed E-state index contributed by atoms with van der Waals surface area (Å²) >= 11 is 0. The number of halogens is 3. The molecule has 0 spiro atoms. The van der Waals surface area contributed by atoms with Gasteiger partial charge in [-0.3, -0.25) is 0 Å². The summed E-state index contributed by atoms with van der Waals surface area (Å²) in [5.74, 6) is -0.667. The summed E-state index contributed by atoms with van der Waals surface area (Å²) in [5.41, 5.74) is -1.39. The number of ether oxygens (including phenoxy) is 2. The van der Waals surface area contributed by atoms with Crippen LogP contribution >= 0.6 is 0 Å². The first-order valence-corrected chi connectivity index (χ1v) is 15.8. The minimum atomic E-state index is -4.56. The zero-order valence-corrected chi connectivity index (χ0v) is 25.0. The van der Waals surface area contributed by atoms with E-state index in [1.807, 2.05) is 0 Å². The molecule has 1 N–H and O–H groups in total. The van der Waals surface area contributed by atoms with E-state index in [1.54, 1.807) is 25.7 Å². The lowest BCUT2D eigenvalue weighted by Gasteiger charge is -2.44. The molecule has 11 heteroatoms. The summed E-state index contributed by atoms with van der Waals surface area (Å²) in [4.78, 5) is 26.0. The monoisotopic (exact) mass is 560 g/mol. The molecule has 1 atom stereocenters. The van der Waals surface area contributed by atoms with Crippen molar-refractivity contribution < 1.29 is 36.7 Å². The van der Waals surface area contributed by atoms with Gasteiger partial charge >= 0.3 is 18.2 Å². The first kappa shape index (κ1) is 31.9. The number of nitrogens with one attached hydrogen (secondary N) is 1. The molecule has 1 aromatic carbocycles. The number of hydrogen-bond donors (Lipinski definition) is 1. The average Bonchev–Trinajstić information content (AvgIpc) is 2.78. The van der Waals surface area contributed by atoms with E-state index >= 15 is 0 Å². The van der Waals surface area contributed by atoms with E-state index in [-0.39, 0.29) is 34.9 Å². The first-order valence-electron chi connectivity index (χ1n) is 12.9. The van der Waals surface area contributed by atoms with Crippen molar-refractivity contribution in [2.75, 3.05) is 31.6 Å². The maximum atomic E-state index is 13.8. The Morgan fingerprint density at radius 2 is 1.66 bits per heavy atom. The molecule has 1 amide bonds. The predicted octanol–water partition coefficient (Wildman–Crippen LogP) is 6.62. The van der Waals surface area contributed by atoms with E-state index in [4.69, 9.17) is 13.9 Å². The van der Waals surface area contributed by atoms with Crippen molar-refractivity contribution in [2.45, 2.75) is 90.4 Å². The van der Waals surface area contributed by atoms with E-state index in [1.165, 1.54) is 13.2 Å². The zero-order chi connectivity index (χ0) is 29.1. The number of piperidine rings is 1. The van der Waals surface area contributed by atoms with Crippen molar-refractivity contribution in [1.82, 2.24) is 5.32 Å². The summed E-state index contributed by atoms with van der Waals surface area (Å²) in [6, 6.07) is 3.32. The maximum Gasteiger partial charge on any atom is 0.418 e. The van der Waals surface area contributed by atoms with Crippen LogP contribution in [0.4, 0.5) is 23.7 Å². The van der Waals surface area contributed by atoms with Crippen molar-refractivity contribution in [3.05, 3.63) is 29.3 Å². The molecule has 0 bridgehead atoms. The first-order chi connectivity index (χ1) is 17.2. The normalized spacial score (nSPS) is 16.7. The number of amides is 1. The molecule has 7 nitrogen and oxygen atoms in total. The number of anilines is 1. The Kier molecular flexibility index (Phi) is 9.96. The molecule has 38 heavy (non-hydrogen) atoms. The zero-order valence-electron chi connectivity index (χ0n) is 24.0. The molecule has 0 aromatic heterocycles. The highest BCUT2D eigenvalue weighted by molar-refractivity contribution is 6.74. The number of carbonyl (C=O) groups excluding carboxylic acids is 2. The molecule has 1 aliphatic heterocycles. The minimum Gasteiger partial charge on any atom is -0.465 e. The highest BCUT2D eigenvalue weighted by Gasteiger charge is 2.42. The summed E-state index contributed by atoms with van der Waals surface area (Å²) in [6.45, 7) is 17.0. The fourth-order valence-corrected chi connectivity index (χ4v) is 5.53. The summed E-state index contributed by atoms with van der Waals surface area (Å²) < 4.78 is 58.2. The number of benzene rings is 1. The van der Waals surface area contributed by atoms with Gasteiger partial charge in [0.15, 0.2) is 8.32 Å². The van der Waals surface area contributed by atoms with Gasteiger partial charge in [-0.1, -0.05) is 20.8 Å². The summed E-state index contributed by atoms with van der Waals surface area (Å²) in [5, 5.41) is 2.77. The Balaban J connectivity index is 2.25. The third kappa shape index (κ3) is 8.62. The maximum absolute atomic E-state index is 13.8. The molecule has 1 fully saturated rings. The summed E-state index contributed by atoms with van der Waals surface area (Å²) in [7, 11) is -1.02. The van der Waals surface area contributed by atoms with Gasteiger partial charge in [-0.25, -0.2) is 9.59 Å². The Morgan fingerprint density at radius 3 is 2.13 bits per heavy atom. The van der Waals surface area contributed by atoms with Crippen LogP contribution in [0.5, 0.6) is 0 Å². The van der Waals surface area contributed by atoms with Crippen LogP contribution < -0.4 is 10.2 Å². The molecular formula is C27H43F3N2O5Si. The third-order valence-corrected chi connectivity index (χ3v) is 11.7. The second-order valence-electron chi connectivity index (χ2n) is 12.3. The number of hydrogen-bond acceptors (Lipinski definition) is 6. The Hall–Kier alpha value is -2.27. The predicted molar refractivity (Wildman–Crippen MR) is 144 cm³/mol. The van der Waals surface area contributed by atoms with Gasteiger partial charge in [-0.05, 0) is 75.9 Å². The molecule has 2 rings (SSSR count). The lowest BCUT2D eigenvalue weighted by molar-refractivity contribution is -0.137. The van der Waals surface area contributed by atoms with E-state index in [0.717, 1.165) is 12.1 Å². The average molecular weight is 561 g/mol. The van der Waals surface area contributed by atoms with E-state index < -0.39 is 37.7 Å². The van der Waals surface area contributed by atoms with Crippen LogP contribution in [0.3, 0.4) is 0 Å². The lowest BCUT2D eigenvalue weighted by atomic mass is 9.90. The Labute approximate surface area is 225 Å². The standard InChI is InChI=1S/C27H43F3N2O5Si/c1-25(2,3)36-24(34)31-17-22(37-38(8,9)26(4,5)6)18-12-14-32(15-13-18)21-16-19(23(33)35-7)10-11-20(21)27(28,29)30/h10-11,16,18,22H,12-15,17H2,1-9H3,(H,31,34). The third-order valence-electron chi connectivity index (χ3n) is 7.23. The second-order valence-corrected chi connectivity index (χ2v) is 17.1. The number of nitrogens with zero attached hydrogens (tertiary/aromatic N) is 1. The van der Waals surface area contributed by atoms with Crippen molar-refractivity contribution in [3.8, 4) is 0 Å². The van der Waals surface area contributed by atoms with E-state index in [9.17, 15) is 22.8 Å². The van der Waals surface area contributed by atoms with E-state index in [2.05, 4.69) is 39.2 Å². The molecule has 1 saturated heterocycles. The quantitative estimate of drug-likeness (QED) is 0.298. The van der Waals surface area contributed by atoms with Crippen LogP contribution in [0.1, 0.15) is 70.3 Å². The van der Waals surface area contributed by atoms with Crippen LogP contribution in [-0.4, -0.2) is 58.8 Å². The molecule has 0 saturated carbocycles. The summed E-state index contributed by atoms with van der Waals surface area (Å²) in [6.07, 6.45) is -4.28. The van der Waals surface area contributed by atoms with Crippen LogP contribution in [0.15, 0.2) is 18.2 Å². The number of carbonyl (C=O) groups is 2. The highest BCUT2D eigenvalue weighted by atomic mass is 28.4. The molecule has 1 aliphatic rings. The number of alkyl carbamates (subject to hydrolysis) is 1. The fourth-order valence-electron chi connectivity index (χ4n) is 4.15. The SMILES string of the molecule is COC(=O)c1ccc(C(F)(F)F)c(N2CCC(C(CNC(=O)OC(C)(C)C)O[Si](C)(C)C(C)(C)C)CC2)c1. The van der Waals surface area contributed by atoms with Gasteiger partial charge in [-0.2, -0.15) is 13.2 Å². The Bertz CT molecular complexity index is 978. The molecule has 1 unspecified atom stereocenters. The van der Waals surface area contributed by atoms with Crippen LogP contribution in [0.2, 0.25) is 18.1 Å². The molecular weight excluding hydrogens is 517 g/mol. The Morgan fingerprint density at radius 1 is 1.08 bits per heavy atom. The lowest BCUT2D eigenvalue weighted by Crippen LogP contribution is -2.51. The molecule has 0 aliphatic carbocycles. The van der Waals surface area contributed by atoms with Gasteiger partial charge in [-0.15, -0.1) is 0 Å². The highest BCUT2D eigenvalue weighted by Crippen LogP contribution is 2.41. The fraction of sp³-hybridized carbons (Fsp3) is 0.704. The van der Waals surface area contributed by atoms with Gasteiger partial charge in [0.1, 0.15) is 5.60 Å². The van der Waals surface area contributed by atoms with Gasteiger partial charge in [0, 0.05) is 25.3 Å². The number of rotatable bonds is 7. The van der Waals surface area contributed by atoms with Gasteiger partial charge in [0.05, 0.1) is 24.3 Å². The van der Waals surface area contributed by atoms with Crippen LogP contribution in [-0.2, 0) is 20.1 Å². The van der Waals surface area contributed by atoms with E-state index in [0.29, 0.717) is 25.9 Å². The van der Waals surface area contributed by atoms with Gasteiger partial charge in [0.2, 0.25) is 0 Å². The van der Waals surface area contributed by atoms with Crippen molar-refractivity contribution in [1.29, 1.82) is 0 Å². The van der Waals surface area contributed by atoms with Gasteiger partial charge < -0.3 is 24.1 Å². The minimum absolute atomic E-state index is 0.0217. The van der Waals surface area contributed by atoms with Crippen molar-refractivity contribution in [2.24, 2.45) is 5.92 Å². The largest absolute Gasteiger partial charge is 0.465 e. The molecule has 0 radical (unpaired) electrons. The van der Waals surface area contributed by atoms with Crippen molar-refractivity contribution in [3.63, 3.8) is 0 Å². The molecule has 1 heterocycles. The molecule has 1 aromatic rings. The van der Waals surface area contributed by atoms with Crippen LogP contribution in [0.25, 0.3) is 0 Å². The number of alkyl halides is 3. The topological polar surface area (TPSA) is 77.1 Å². The smallest absolute Gasteiger partial charge is 0.418 e.